The molecule has 1 N–H and O–H groups in total. The molecule has 3 nitrogen and oxygen atoms in total. The number of carbonyl (C=O) groups is 1. The van der Waals surface area contributed by atoms with E-state index in [0.717, 1.165) is 36.7 Å². The van der Waals surface area contributed by atoms with Gasteiger partial charge in [-0.25, -0.2) is 0 Å². The summed E-state index contributed by atoms with van der Waals surface area (Å²) in [5, 5.41) is 9.25. The minimum atomic E-state index is 0.103. The Labute approximate surface area is 154 Å². The van der Waals surface area contributed by atoms with Gasteiger partial charge in [0, 0.05) is 24.0 Å². The average molecular weight is 396 g/mol. The van der Waals surface area contributed by atoms with E-state index in [4.69, 9.17) is 0 Å². The van der Waals surface area contributed by atoms with Gasteiger partial charge in [-0.1, -0.05) is 41.9 Å². The Morgan fingerprint density at radius 3 is 2.46 bits per heavy atom. The number of amides is 1. The minimum Gasteiger partial charge on any atom is -0.396 e. The zero-order chi connectivity index (χ0) is 17.7. The number of likely N-dealkylation sites (tertiary alicyclic amines) is 1. The molecule has 1 heterocycles. The van der Waals surface area contributed by atoms with Gasteiger partial charge in [0.25, 0.3) is 0 Å². The Morgan fingerprint density at radius 1 is 1.21 bits per heavy atom. The largest absolute Gasteiger partial charge is 0.396 e. The summed E-state index contributed by atoms with van der Waals surface area (Å²) < 4.78 is 1.06. The van der Waals surface area contributed by atoms with E-state index in [2.05, 4.69) is 48.8 Å². The summed E-state index contributed by atoms with van der Waals surface area (Å²) in [6.45, 7) is 7.68. The van der Waals surface area contributed by atoms with Crippen LogP contribution in [0.4, 0.5) is 0 Å². The molecule has 0 bridgehead atoms. The summed E-state index contributed by atoms with van der Waals surface area (Å²) in [7, 11) is 0. The van der Waals surface area contributed by atoms with E-state index >= 15 is 0 Å². The van der Waals surface area contributed by atoms with Gasteiger partial charge in [-0.3, -0.25) is 4.79 Å². The molecule has 24 heavy (non-hydrogen) atoms. The Morgan fingerprint density at radius 2 is 1.88 bits per heavy atom. The van der Waals surface area contributed by atoms with Gasteiger partial charge in [0.05, 0.1) is 6.04 Å². The Bertz CT molecular complexity index is 543. The van der Waals surface area contributed by atoms with E-state index in [0.29, 0.717) is 12.3 Å². The lowest BCUT2D eigenvalue weighted by molar-refractivity contribution is -0.132. The summed E-state index contributed by atoms with van der Waals surface area (Å²) in [5.74, 6) is 0.789. The molecule has 1 aromatic carbocycles. The van der Waals surface area contributed by atoms with Gasteiger partial charge in [-0.05, 0) is 61.6 Å². The molecular formula is C20H30BrNO2. The Balaban J connectivity index is 2.16. The smallest absolute Gasteiger partial charge is 0.223 e. The molecule has 0 aliphatic carbocycles. The summed E-state index contributed by atoms with van der Waals surface area (Å²) in [5.41, 5.74) is 1.35. The van der Waals surface area contributed by atoms with Crippen molar-refractivity contribution in [3.05, 3.63) is 34.3 Å². The van der Waals surface area contributed by atoms with Crippen LogP contribution in [0.1, 0.15) is 64.5 Å². The monoisotopic (exact) mass is 395 g/mol. The number of nitrogens with zero attached hydrogens (tertiary/aromatic N) is 1. The topological polar surface area (TPSA) is 40.5 Å². The zero-order valence-electron chi connectivity index (χ0n) is 15.1. The van der Waals surface area contributed by atoms with Crippen molar-refractivity contribution in [3.63, 3.8) is 0 Å². The van der Waals surface area contributed by atoms with Crippen molar-refractivity contribution in [2.75, 3.05) is 13.2 Å². The van der Waals surface area contributed by atoms with Crippen LogP contribution in [0.25, 0.3) is 0 Å². The highest BCUT2D eigenvalue weighted by molar-refractivity contribution is 9.10. The lowest BCUT2D eigenvalue weighted by atomic mass is 9.69. The highest BCUT2D eigenvalue weighted by atomic mass is 79.9. The van der Waals surface area contributed by atoms with Crippen LogP contribution in [0.2, 0.25) is 0 Å². The summed E-state index contributed by atoms with van der Waals surface area (Å²) >= 11 is 3.47. The number of benzene rings is 1. The molecule has 0 saturated carbocycles. The third kappa shape index (κ3) is 4.40. The predicted molar refractivity (Wildman–Crippen MR) is 102 cm³/mol. The molecule has 0 spiro atoms. The van der Waals surface area contributed by atoms with Crippen LogP contribution in [0, 0.1) is 11.3 Å². The molecule has 0 radical (unpaired) electrons. The van der Waals surface area contributed by atoms with E-state index < -0.39 is 0 Å². The second kappa shape index (κ2) is 8.48. The van der Waals surface area contributed by atoms with Crippen molar-refractivity contribution in [1.82, 2.24) is 4.90 Å². The fourth-order valence-electron chi connectivity index (χ4n) is 3.97. The van der Waals surface area contributed by atoms with E-state index in [1.54, 1.807) is 0 Å². The fourth-order valence-corrected chi connectivity index (χ4v) is 4.23. The van der Waals surface area contributed by atoms with E-state index in [-0.39, 0.29) is 24.0 Å². The predicted octanol–water partition coefficient (Wildman–Crippen LogP) is 4.94. The quantitative estimate of drug-likeness (QED) is 0.740. The molecule has 1 saturated heterocycles. The first-order valence-electron chi connectivity index (χ1n) is 9.05. The maximum absolute atomic E-state index is 12.7. The van der Waals surface area contributed by atoms with Crippen LogP contribution in [-0.4, -0.2) is 29.1 Å². The first-order valence-corrected chi connectivity index (χ1v) is 9.85. The number of aliphatic hydroxyl groups excluding tert-OH is 1. The second-order valence-electron chi connectivity index (χ2n) is 7.41. The standard InChI is InChI=1S/C20H30BrNO2/c1-15(2)20(10-4-14-23)11-9-19(24)22(13-12-20)16(3)17-5-7-18(21)8-6-17/h5-8,15-16,23H,4,9-14H2,1-3H3/t16-,20?/m0/s1. The van der Waals surface area contributed by atoms with Gasteiger partial charge in [0.1, 0.15) is 0 Å². The molecule has 1 amide bonds. The van der Waals surface area contributed by atoms with Crippen molar-refractivity contribution < 1.29 is 9.90 Å². The number of hydrogen-bond acceptors (Lipinski definition) is 2. The van der Waals surface area contributed by atoms with Crippen LogP contribution in [0.5, 0.6) is 0 Å². The Kier molecular flexibility index (Phi) is 6.88. The Hall–Kier alpha value is -0.870. The van der Waals surface area contributed by atoms with E-state index in [1.807, 2.05) is 17.0 Å². The third-order valence-electron chi connectivity index (χ3n) is 5.89. The SMILES string of the molecule is CC(C)C1(CCCO)CCC(=O)N([C@@H](C)c2ccc(Br)cc2)CC1. The summed E-state index contributed by atoms with van der Waals surface area (Å²) in [6, 6.07) is 8.36. The number of hydrogen-bond donors (Lipinski definition) is 1. The first kappa shape index (κ1) is 19.5. The third-order valence-corrected chi connectivity index (χ3v) is 6.41. The van der Waals surface area contributed by atoms with Gasteiger partial charge in [-0.2, -0.15) is 0 Å². The van der Waals surface area contributed by atoms with Crippen LogP contribution >= 0.6 is 15.9 Å². The van der Waals surface area contributed by atoms with Gasteiger partial charge in [0.15, 0.2) is 0 Å². The highest BCUT2D eigenvalue weighted by Crippen LogP contribution is 2.44. The van der Waals surface area contributed by atoms with Crippen molar-refractivity contribution >= 4 is 21.8 Å². The van der Waals surface area contributed by atoms with Crippen LogP contribution in [0.15, 0.2) is 28.7 Å². The highest BCUT2D eigenvalue weighted by Gasteiger charge is 2.38. The van der Waals surface area contributed by atoms with E-state index in [9.17, 15) is 9.90 Å². The van der Waals surface area contributed by atoms with Crippen molar-refractivity contribution in [3.8, 4) is 0 Å². The summed E-state index contributed by atoms with van der Waals surface area (Å²) in [4.78, 5) is 14.8. The molecule has 1 fully saturated rings. The molecule has 4 heteroatoms. The maximum atomic E-state index is 12.7. The molecule has 134 valence electrons. The molecule has 2 rings (SSSR count). The normalized spacial score (nSPS) is 23.4. The lowest BCUT2D eigenvalue weighted by Crippen LogP contribution is -2.34. The van der Waals surface area contributed by atoms with Crippen LogP contribution in [0.3, 0.4) is 0 Å². The van der Waals surface area contributed by atoms with Crippen molar-refractivity contribution in [1.29, 1.82) is 0 Å². The van der Waals surface area contributed by atoms with Crippen molar-refractivity contribution in [2.45, 2.75) is 58.9 Å². The molecule has 1 aliphatic heterocycles. The van der Waals surface area contributed by atoms with Crippen LogP contribution < -0.4 is 0 Å². The molecule has 0 aromatic heterocycles. The number of carbonyl (C=O) groups excluding carboxylic acids is 1. The average Bonchev–Trinajstić information content (AvgIpc) is 2.73. The molecule has 2 atom stereocenters. The zero-order valence-corrected chi connectivity index (χ0v) is 16.7. The number of halogens is 1. The molecular weight excluding hydrogens is 366 g/mol. The fraction of sp³-hybridized carbons (Fsp3) is 0.650. The number of rotatable bonds is 6. The first-order chi connectivity index (χ1) is 11.4. The van der Waals surface area contributed by atoms with Gasteiger partial charge in [0.2, 0.25) is 5.91 Å². The second-order valence-corrected chi connectivity index (χ2v) is 8.32. The maximum Gasteiger partial charge on any atom is 0.223 e. The minimum absolute atomic E-state index is 0.103. The summed E-state index contributed by atoms with van der Waals surface area (Å²) in [6.07, 6.45) is 4.42. The van der Waals surface area contributed by atoms with E-state index in [1.165, 1.54) is 5.56 Å². The van der Waals surface area contributed by atoms with Gasteiger partial charge in [-0.15, -0.1) is 0 Å². The molecule has 1 unspecified atom stereocenters. The van der Waals surface area contributed by atoms with Crippen molar-refractivity contribution in [2.24, 2.45) is 11.3 Å². The lowest BCUT2D eigenvalue weighted by Gasteiger charge is -2.37. The van der Waals surface area contributed by atoms with Crippen LogP contribution in [-0.2, 0) is 4.79 Å². The number of aliphatic hydroxyl groups is 1. The van der Waals surface area contributed by atoms with Gasteiger partial charge < -0.3 is 10.0 Å². The molecule has 1 aliphatic rings. The van der Waals surface area contributed by atoms with Gasteiger partial charge >= 0.3 is 0 Å². The molecule has 1 aromatic rings.